The number of ketones is 1. The van der Waals surface area contributed by atoms with Crippen LogP contribution in [0.5, 0.6) is 0 Å². The molecule has 1 rings (SSSR count). The van der Waals surface area contributed by atoms with Crippen LogP contribution in [0, 0.1) is 11.8 Å². The van der Waals surface area contributed by atoms with Crippen molar-refractivity contribution in [3.63, 3.8) is 0 Å². The molecule has 3 atom stereocenters. The van der Waals surface area contributed by atoms with E-state index in [1.807, 2.05) is 6.08 Å². The van der Waals surface area contributed by atoms with Gasteiger partial charge in [0.25, 0.3) is 0 Å². The molecule has 0 heterocycles. The van der Waals surface area contributed by atoms with E-state index in [0.717, 1.165) is 12.8 Å². The average molecular weight is 334 g/mol. The number of carbonyl (C=O) groups is 2. The highest BCUT2D eigenvalue weighted by Gasteiger charge is 2.26. The molecule has 0 fully saturated rings. The fraction of sp³-hybridized carbons (Fsp3) is 0.600. The second-order valence-electron chi connectivity index (χ2n) is 6.39. The highest BCUT2D eigenvalue weighted by Crippen LogP contribution is 2.27. The van der Waals surface area contributed by atoms with Gasteiger partial charge in [0.2, 0.25) is 0 Å². The minimum Gasteiger partial charge on any atom is -0.481 e. The predicted octanol–water partition coefficient (Wildman–Crippen LogP) is 4.06. The Balaban J connectivity index is 2.39. The van der Waals surface area contributed by atoms with Crippen molar-refractivity contribution in [2.75, 3.05) is 0 Å². The first-order chi connectivity index (χ1) is 11.5. The van der Waals surface area contributed by atoms with Gasteiger partial charge in [-0.05, 0) is 44.1 Å². The smallest absolute Gasteiger partial charge is 0.303 e. The van der Waals surface area contributed by atoms with E-state index in [0.29, 0.717) is 12.8 Å². The summed E-state index contributed by atoms with van der Waals surface area (Å²) in [6.45, 7) is 2.19. The van der Waals surface area contributed by atoms with Gasteiger partial charge < -0.3 is 10.2 Å². The molecule has 2 N–H and O–H groups in total. The van der Waals surface area contributed by atoms with Crippen LogP contribution in [0.4, 0.5) is 0 Å². The van der Waals surface area contributed by atoms with Gasteiger partial charge >= 0.3 is 5.97 Å². The lowest BCUT2D eigenvalue weighted by atomic mass is 9.90. The van der Waals surface area contributed by atoms with Crippen LogP contribution in [0.3, 0.4) is 0 Å². The standard InChI is InChI=1S/C20H30O4/c1-2-3-4-5-6-7-9-16-12-15-19(22)18(16)14-13-17(21)10-8-11-20(23)24/h6-7,12-18,21H,2-5,8-11H2,1H3,(H,23,24)/b7-6-,14-13+/t16-,17+,18-/m0/s1. The summed E-state index contributed by atoms with van der Waals surface area (Å²) < 4.78 is 0. The summed E-state index contributed by atoms with van der Waals surface area (Å²) in [7, 11) is 0. The summed E-state index contributed by atoms with van der Waals surface area (Å²) in [5, 5.41) is 18.5. The molecule has 0 aliphatic heterocycles. The van der Waals surface area contributed by atoms with E-state index < -0.39 is 12.1 Å². The molecule has 4 heteroatoms. The lowest BCUT2D eigenvalue weighted by molar-refractivity contribution is -0.137. The van der Waals surface area contributed by atoms with Gasteiger partial charge in [0.05, 0.1) is 6.10 Å². The zero-order valence-electron chi connectivity index (χ0n) is 14.6. The number of carbonyl (C=O) groups excluding carboxylic acids is 1. The molecule has 0 radical (unpaired) electrons. The molecule has 1 aliphatic rings. The number of rotatable bonds is 12. The van der Waals surface area contributed by atoms with Crippen molar-refractivity contribution in [3.05, 3.63) is 36.5 Å². The first-order valence-electron chi connectivity index (χ1n) is 8.99. The fourth-order valence-corrected chi connectivity index (χ4v) is 2.81. The van der Waals surface area contributed by atoms with Crippen molar-refractivity contribution in [1.82, 2.24) is 0 Å². The highest BCUT2D eigenvalue weighted by molar-refractivity contribution is 5.95. The molecule has 0 unspecified atom stereocenters. The minimum absolute atomic E-state index is 0.0558. The first-order valence-corrected chi connectivity index (χ1v) is 8.99. The van der Waals surface area contributed by atoms with E-state index in [4.69, 9.17) is 5.11 Å². The normalized spacial score (nSPS) is 22.0. The van der Waals surface area contributed by atoms with Gasteiger partial charge in [-0.15, -0.1) is 0 Å². The van der Waals surface area contributed by atoms with Crippen LogP contribution in [0.1, 0.15) is 58.3 Å². The number of unbranched alkanes of at least 4 members (excludes halogenated alkanes) is 3. The van der Waals surface area contributed by atoms with Crippen molar-refractivity contribution >= 4 is 11.8 Å². The quantitative estimate of drug-likeness (QED) is 0.417. The van der Waals surface area contributed by atoms with E-state index in [-0.39, 0.29) is 24.0 Å². The summed E-state index contributed by atoms with van der Waals surface area (Å²) in [5.74, 6) is -0.831. The van der Waals surface area contributed by atoms with E-state index in [1.54, 1.807) is 18.2 Å². The van der Waals surface area contributed by atoms with Crippen molar-refractivity contribution in [1.29, 1.82) is 0 Å². The summed E-state index contributed by atoms with van der Waals surface area (Å²) in [6.07, 6.45) is 17.1. The van der Waals surface area contributed by atoms with Crippen LogP contribution in [0.2, 0.25) is 0 Å². The fourth-order valence-electron chi connectivity index (χ4n) is 2.81. The molecular formula is C20H30O4. The number of aliphatic hydroxyl groups excluding tert-OH is 1. The van der Waals surface area contributed by atoms with Gasteiger partial charge in [-0.25, -0.2) is 0 Å². The number of hydrogen-bond acceptors (Lipinski definition) is 3. The Morgan fingerprint density at radius 2 is 2.08 bits per heavy atom. The van der Waals surface area contributed by atoms with E-state index in [2.05, 4.69) is 19.1 Å². The highest BCUT2D eigenvalue weighted by atomic mass is 16.4. The summed E-state index contributed by atoms with van der Waals surface area (Å²) >= 11 is 0. The molecule has 0 aromatic rings. The molecule has 134 valence electrons. The summed E-state index contributed by atoms with van der Waals surface area (Å²) in [5.41, 5.74) is 0. The maximum absolute atomic E-state index is 12.0. The zero-order valence-corrected chi connectivity index (χ0v) is 14.6. The van der Waals surface area contributed by atoms with Crippen LogP contribution in [0.15, 0.2) is 36.5 Å². The van der Waals surface area contributed by atoms with Crippen molar-refractivity contribution in [2.24, 2.45) is 11.8 Å². The average Bonchev–Trinajstić information content (AvgIpc) is 2.88. The Labute approximate surface area is 145 Å². The predicted molar refractivity (Wildman–Crippen MR) is 95.7 cm³/mol. The Morgan fingerprint density at radius 1 is 1.29 bits per heavy atom. The van der Waals surface area contributed by atoms with Gasteiger partial charge in [0.1, 0.15) is 0 Å². The van der Waals surface area contributed by atoms with Crippen LogP contribution >= 0.6 is 0 Å². The summed E-state index contributed by atoms with van der Waals surface area (Å²) in [4.78, 5) is 22.4. The maximum Gasteiger partial charge on any atom is 0.303 e. The second-order valence-corrected chi connectivity index (χ2v) is 6.39. The van der Waals surface area contributed by atoms with Gasteiger partial charge in [0, 0.05) is 12.3 Å². The topological polar surface area (TPSA) is 74.6 Å². The van der Waals surface area contributed by atoms with E-state index in [9.17, 15) is 14.7 Å². The zero-order chi connectivity index (χ0) is 17.8. The molecular weight excluding hydrogens is 304 g/mol. The van der Waals surface area contributed by atoms with Crippen molar-refractivity contribution in [2.45, 2.75) is 64.4 Å². The molecule has 0 amide bonds. The van der Waals surface area contributed by atoms with Crippen LogP contribution in [-0.4, -0.2) is 28.1 Å². The first kappa shape index (κ1) is 20.4. The number of hydrogen-bond donors (Lipinski definition) is 2. The van der Waals surface area contributed by atoms with Crippen LogP contribution < -0.4 is 0 Å². The van der Waals surface area contributed by atoms with Crippen LogP contribution in [0.25, 0.3) is 0 Å². The third-order valence-corrected chi connectivity index (χ3v) is 4.28. The van der Waals surface area contributed by atoms with Crippen molar-refractivity contribution < 1.29 is 19.8 Å². The molecule has 0 aromatic heterocycles. The number of allylic oxidation sites excluding steroid dienone is 5. The lowest BCUT2D eigenvalue weighted by Gasteiger charge is -2.13. The van der Waals surface area contributed by atoms with Gasteiger partial charge in [-0.2, -0.15) is 0 Å². The third-order valence-electron chi connectivity index (χ3n) is 4.28. The number of aliphatic carboxylic acids is 1. The van der Waals surface area contributed by atoms with E-state index >= 15 is 0 Å². The minimum atomic E-state index is -0.855. The molecule has 0 aromatic carbocycles. The Kier molecular flexibility index (Phi) is 10.0. The SMILES string of the molecule is CCCCC/C=C\C[C@H]1C=CC(=O)[C@H]1/C=C/[C@H](O)CCCC(=O)O. The number of carboxylic acids is 1. The Bertz CT molecular complexity index is 476. The molecule has 0 saturated heterocycles. The van der Waals surface area contributed by atoms with E-state index in [1.165, 1.54) is 19.3 Å². The van der Waals surface area contributed by atoms with Gasteiger partial charge in [-0.3, -0.25) is 9.59 Å². The molecule has 1 aliphatic carbocycles. The third kappa shape index (κ3) is 8.25. The Morgan fingerprint density at radius 3 is 2.79 bits per heavy atom. The maximum atomic E-state index is 12.0. The van der Waals surface area contributed by atoms with Gasteiger partial charge in [-0.1, -0.05) is 50.1 Å². The van der Waals surface area contributed by atoms with Crippen LogP contribution in [-0.2, 0) is 9.59 Å². The molecule has 4 nitrogen and oxygen atoms in total. The summed E-state index contributed by atoms with van der Waals surface area (Å²) in [6, 6.07) is 0. The number of aliphatic hydroxyl groups is 1. The molecule has 0 spiro atoms. The number of carboxylic acid groups (broad SMARTS) is 1. The molecule has 24 heavy (non-hydrogen) atoms. The monoisotopic (exact) mass is 334 g/mol. The second kappa shape index (κ2) is 11.8. The molecule has 0 bridgehead atoms. The Hall–Kier alpha value is -1.68. The lowest BCUT2D eigenvalue weighted by Crippen LogP contribution is -2.14. The molecule has 0 saturated carbocycles. The van der Waals surface area contributed by atoms with Gasteiger partial charge in [0.15, 0.2) is 5.78 Å². The largest absolute Gasteiger partial charge is 0.481 e. The van der Waals surface area contributed by atoms with Crippen molar-refractivity contribution in [3.8, 4) is 0 Å².